The maximum Gasteiger partial charge on any atom is 0.417 e. The van der Waals surface area contributed by atoms with Crippen LogP contribution in [0.15, 0.2) is 70.8 Å². The van der Waals surface area contributed by atoms with Crippen LogP contribution in [0.1, 0.15) is 22.4 Å². The number of rotatable bonds is 6. The number of hydrazone groups is 1. The van der Waals surface area contributed by atoms with Crippen molar-refractivity contribution in [3.05, 3.63) is 88.2 Å². The second kappa shape index (κ2) is 9.17. The predicted octanol–water partition coefficient (Wildman–Crippen LogP) is 4.80. The zero-order valence-corrected chi connectivity index (χ0v) is 18.4. The minimum atomic E-state index is -4.64. The Morgan fingerprint density at radius 1 is 1.09 bits per heavy atom. The standard InChI is InChI=1S/C21H17ClF3N3O3S/c1-13-3-9-17(10-4-13)32(29,30)28-27-19(14-5-7-16(31-2)8-6-14)20-18(22)11-15(12-26-20)21(23,24)25/h3-12,28H,1-2H3. The highest BCUT2D eigenvalue weighted by molar-refractivity contribution is 7.89. The maximum atomic E-state index is 13.0. The number of sulfonamides is 1. The minimum Gasteiger partial charge on any atom is -0.497 e. The summed E-state index contributed by atoms with van der Waals surface area (Å²) in [6.07, 6.45) is -4.03. The molecule has 0 saturated carbocycles. The van der Waals surface area contributed by atoms with E-state index in [1.165, 1.54) is 19.2 Å². The Hall–Kier alpha value is -3.11. The normalized spacial score (nSPS) is 12.5. The molecule has 0 amide bonds. The van der Waals surface area contributed by atoms with Crippen molar-refractivity contribution in [2.24, 2.45) is 5.10 Å². The molecular weight excluding hydrogens is 467 g/mol. The van der Waals surface area contributed by atoms with Gasteiger partial charge in [-0.15, -0.1) is 0 Å². The van der Waals surface area contributed by atoms with Crippen molar-refractivity contribution in [3.63, 3.8) is 0 Å². The molecule has 32 heavy (non-hydrogen) atoms. The Morgan fingerprint density at radius 2 is 1.72 bits per heavy atom. The highest BCUT2D eigenvalue weighted by Gasteiger charge is 2.32. The number of methoxy groups -OCH3 is 1. The third-order valence-corrected chi connectivity index (χ3v) is 5.88. The zero-order valence-electron chi connectivity index (χ0n) is 16.8. The van der Waals surface area contributed by atoms with E-state index in [9.17, 15) is 21.6 Å². The first kappa shape index (κ1) is 23.6. The van der Waals surface area contributed by atoms with E-state index in [1.54, 1.807) is 36.4 Å². The zero-order chi connectivity index (χ0) is 23.5. The lowest BCUT2D eigenvalue weighted by atomic mass is 10.1. The fourth-order valence-electron chi connectivity index (χ4n) is 2.65. The molecule has 1 N–H and O–H groups in total. The van der Waals surface area contributed by atoms with Gasteiger partial charge in [-0.05, 0) is 49.4 Å². The molecule has 3 aromatic rings. The van der Waals surface area contributed by atoms with Crippen molar-refractivity contribution in [3.8, 4) is 5.75 Å². The molecule has 1 heterocycles. The Kier molecular flexibility index (Phi) is 6.75. The Bertz CT molecular complexity index is 1240. The first-order chi connectivity index (χ1) is 15.0. The number of pyridine rings is 1. The van der Waals surface area contributed by atoms with Crippen molar-refractivity contribution in [1.82, 2.24) is 9.82 Å². The van der Waals surface area contributed by atoms with Crippen LogP contribution in [0.25, 0.3) is 0 Å². The second-order valence-electron chi connectivity index (χ2n) is 6.65. The summed E-state index contributed by atoms with van der Waals surface area (Å²) >= 11 is 6.08. The number of aromatic nitrogens is 1. The third kappa shape index (κ3) is 5.38. The molecule has 168 valence electrons. The highest BCUT2D eigenvalue weighted by atomic mass is 35.5. The van der Waals surface area contributed by atoms with Crippen LogP contribution >= 0.6 is 11.6 Å². The van der Waals surface area contributed by atoms with Crippen molar-refractivity contribution in [2.75, 3.05) is 7.11 Å². The summed E-state index contributed by atoms with van der Waals surface area (Å²) in [5, 5.41) is 3.61. The quantitative estimate of drug-likeness (QED) is 0.403. The lowest BCUT2D eigenvalue weighted by Crippen LogP contribution is -2.22. The average Bonchev–Trinajstić information content (AvgIpc) is 2.74. The van der Waals surface area contributed by atoms with E-state index < -0.39 is 21.8 Å². The van der Waals surface area contributed by atoms with Gasteiger partial charge in [-0.25, -0.2) is 0 Å². The number of halogens is 4. The molecule has 11 heteroatoms. The lowest BCUT2D eigenvalue weighted by molar-refractivity contribution is -0.137. The molecule has 0 unspecified atom stereocenters. The molecular formula is C21H17ClF3N3O3S. The summed E-state index contributed by atoms with van der Waals surface area (Å²) in [5.41, 5.74) is -0.0160. The van der Waals surface area contributed by atoms with Gasteiger partial charge in [-0.2, -0.15) is 31.5 Å². The minimum absolute atomic E-state index is 0.0348. The molecule has 2 aromatic carbocycles. The molecule has 0 spiro atoms. The van der Waals surface area contributed by atoms with Crippen LogP contribution in [0.2, 0.25) is 5.02 Å². The summed E-state index contributed by atoms with van der Waals surface area (Å²) in [5.74, 6) is 0.514. The summed E-state index contributed by atoms with van der Waals surface area (Å²) in [4.78, 5) is 5.87. The summed E-state index contributed by atoms with van der Waals surface area (Å²) in [6.45, 7) is 1.81. The fraction of sp³-hybridized carbons (Fsp3) is 0.143. The number of hydrogen-bond donors (Lipinski definition) is 1. The van der Waals surface area contributed by atoms with E-state index in [1.807, 2.05) is 6.92 Å². The number of aryl methyl sites for hydroxylation is 1. The Morgan fingerprint density at radius 3 is 2.25 bits per heavy atom. The second-order valence-corrected chi connectivity index (χ2v) is 8.72. The van der Waals surface area contributed by atoms with Gasteiger partial charge in [-0.1, -0.05) is 29.3 Å². The molecule has 0 saturated heterocycles. The van der Waals surface area contributed by atoms with E-state index in [2.05, 4.69) is 14.9 Å². The molecule has 6 nitrogen and oxygen atoms in total. The molecule has 0 atom stereocenters. The van der Waals surface area contributed by atoms with Crippen LogP contribution in [-0.2, 0) is 16.2 Å². The van der Waals surface area contributed by atoms with Crippen molar-refractivity contribution < 1.29 is 26.3 Å². The average molecular weight is 484 g/mol. The summed E-state index contributed by atoms with van der Waals surface area (Å²) in [7, 11) is -2.59. The van der Waals surface area contributed by atoms with Gasteiger partial charge in [0.1, 0.15) is 17.2 Å². The van der Waals surface area contributed by atoms with E-state index in [0.717, 1.165) is 5.56 Å². The van der Waals surface area contributed by atoms with Gasteiger partial charge in [-0.3, -0.25) is 4.98 Å². The van der Waals surface area contributed by atoms with Crippen LogP contribution in [0.5, 0.6) is 5.75 Å². The van der Waals surface area contributed by atoms with Gasteiger partial charge in [0.15, 0.2) is 0 Å². The first-order valence-electron chi connectivity index (χ1n) is 9.05. The maximum absolute atomic E-state index is 13.0. The highest BCUT2D eigenvalue weighted by Crippen LogP contribution is 2.31. The van der Waals surface area contributed by atoms with Crippen LogP contribution in [0, 0.1) is 6.92 Å². The molecule has 0 radical (unpaired) electrons. The van der Waals surface area contributed by atoms with Gasteiger partial charge >= 0.3 is 6.18 Å². The van der Waals surface area contributed by atoms with E-state index in [-0.39, 0.29) is 21.3 Å². The summed E-state index contributed by atoms with van der Waals surface area (Å²) in [6, 6.07) is 13.0. The fourth-order valence-corrected chi connectivity index (χ4v) is 3.71. The van der Waals surface area contributed by atoms with E-state index >= 15 is 0 Å². The Labute approximate surface area is 187 Å². The summed E-state index contributed by atoms with van der Waals surface area (Å²) < 4.78 is 69.4. The molecule has 0 aliphatic rings. The molecule has 1 aromatic heterocycles. The van der Waals surface area contributed by atoms with Gasteiger partial charge in [0.25, 0.3) is 10.0 Å². The van der Waals surface area contributed by atoms with E-state index in [4.69, 9.17) is 16.3 Å². The molecule has 0 fully saturated rings. The number of hydrogen-bond acceptors (Lipinski definition) is 5. The van der Waals surface area contributed by atoms with Crippen LogP contribution in [0.3, 0.4) is 0 Å². The van der Waals surface area contributed by atoms with Gasteiger partial charge in [0, 0.05) is 11.8 Å². The number of nitrogens with zero attached hydrogens (tertiary/aromatic N) is 2. The molecule has 3 rings (SSSR count). The molecule has 0 aliphatic heterocycles. The number of ether oxygens (including phenoxy) is 1. The molecule has 0 bridgehead atoms. The van der Waals surface area contributed by atoms with Crippen LogP contribution in [0.4, 0.5) is 13.2 Å². The number of benzene rings is 2. The van der Waals surface area contributed by atoms with Gasteiger partial charge in [0.2, 0.25) is 0 Å². The Balaban J connectivity index is 2.07. The van der Waals surface area contributed by atoms with Crippen LogP contribution in [-0.4, -0.2) is 26.2 Å². The number of alkyl halides is 3. The first-order valence-corrected chi connectivity index (χ1v) is 10.9. The van der Waals surface area contributed by atoms with Gasteiger partial charge in [0.05, 0.1) is 22.6 Å². The topological polar surface area (TPSA) is 80.6 Å². The van der Waals surface area contributed by atoms with Crippen molar-refractivity contribution in [2.45, 2.75) is 18.0 Å². The largest absolute Gasteiger partial charge is 0.497 e. The molecule has 0 aliphatic carbocycles. The van der Waals surface area contributed by atoms with Crippen molar-refractivity contribution >= 4 is 27.3 Å². The van der Waals surface area contributed by atoms with Gasteiger partial charge < -0.3 is 4.74 Å². The van der Waals surface area contributed by atoms with Crippen LogP contribution < -0.4 is 9.57 Å². The van der Waals surface area contributed by atoms with E-state index in [0.29, 0.717) is 23.6 Å². The lowest BCUT2D eigenvalue weighted by Gasteiger charge is -2.12. The number of nitrogens with one attached hydrogen (secondary N) is 1. The van der Waals surface area contributed by atoms with Crippen molar-refractivity contribution in [1.29, 1.82) is 0 Å². The monoisotopic (exact) mass is 483 g/mol. The predicted molar refractivity (Wildman–Crippen MR) is 114 cm³/mol. The SMILES string of the molecule is COc1ccc(C(=NNS(=O)(=O)c2ccc(C)cc2)c2ncc(C(F)(F)F)cc2Cl)cc1. The third-order valence-electron chi connectivity index (χ3n) is 4.37. The smallest absolute Gasteiger partial charge is 0.417 e.